The maximum absolute atomic E-state index is 14.0. The lowest BCUT2D eigenvalue weighted by Crippen LogP contribution is -2.42. The number of carbonyl (C=O) groups excluding carboxylic acids is 2. The second kappa shape index (κ2) is 8.68. The van der Waals surface area contributed by atoms with Gasteiger partial charge in [-0.25, -0.2) is 9.18 Å². The van der Waals surface area contributed by atoms with E-state index in [0.717, 1.165) is 17.3 Å². The molecule has 1 saturated heterocycles. The van der Waals surface area contributed by atoms with E-state index in [2.05, 4.69) is 10.4 Å². The molecule has 1 N–H and O–H groups in total. The molecule has 3 heterocycles. The Morgan fingerprint density at radius 3 is 2.45 bits per heavy atom. The monoisotopic (exact) mass is 467 g/mol. The Hall–Kier alpha value is -3.11. The largest absolute Gasteiger partial charge is 0.419 e. The number of benzene rings is 1. The highest BCUT2D eigenvalue weighted by Gasteiger charge is 2.39. The number of carbonyl (C=O) groups is 2. The van der Waals surface area contributed by atoms with Gasteiger partial charge in [0.1, 0.15) is 5.82 Å². The number of amides is 3. The molecule has 1 fully saturated rings. The lowest BCUT2D eigenvalue weighted by molar-refractivity contribution is -0.140. The molecule has 33 heavy (non-hydrogen) atoms. The molecule has 178 valence electrons. The number of urea groups is 1. The highest BCUT2D eigenvalue weighted by atomic mass is 19.4. The molecular formula is C22H25F4N5O2. The minimum atomic E-state index is -4.77. The average Bonchev–Trinajstić information content (AvgIpc) is 3.13. The predicted octanol–water partition coefficient (Wildman–Crippen LogP) is 3.30. The lowest BCUT2D eigenvalue weighted by atomic mass is 9.86. The van der Waals surface area contributed by atoms with Crippen LogP contribution in [0.4, 0.5) is 22.4 Å². The zero-order chi connectivity index (χ0) is 23.9. The quantitative estimate of drug-likeness (QED) is 0.690. The summed E-state index contributed by atoms with van der Waals surface area (Å²) in [7, 11) is 3.28. The van der Waals surface area contributed by atoms with Gasteiger partial charge in [0.25, 0.3) is 5.91 Å². The molecule has 1 aromatic heterocycles. The van der Waals surface area contributed by atoms with Gasteiger partial charge < -0.3 is 15.1 Å². The lowest BCUT2D eigenvalue weighted by Gasteiger charge is -2.33. The van der Waals surface area contributed by atoms with Gasteiger partial charge in [0.2, 0.25) is 0 Å². The zero-order valence-electron chi connectivity index (χ0n) is 18.4. The van der Waals surface area contributed by atoms with Crippen molar-refractivity contribution in [1.82, 2.24) is 24.9 Å². The Morgan fingerprint density at radius 1 is 1.12 bits per heavy atom. The van der Waals surface area contributed by atoms with Crippen molar-refractivity contribution >= 4 is 11.9 Å². The van der Waals surface area contributed by atoms with Crippen molar-refractivity contribution in [3.63, 3.8) is 0 Å². The van der Waals surface area contributed by atoms with Crippen LogP contribution >= 0.6 is 0 Å². The van der Waals surface area contributed by atoms with E-state index in [0.29, 0.717) is 38.0 Å². The van der Waals surface area contributed by atoms with Crippen molar-refractivity contribution < 1.29 is 27.2 Å². The van der Waals surface area contributed by atoms with E-state index in [1.807, 2.05) is 0 Å². The summed E-state index contributed by atoms with van der Waals surface area (Å²) in [5.74, 6) is -2.03. The Kier molecular flexibility index (Phi) is 6.06. The minimum absolute atomic E-state index is 0.0564. The first kappa shape index (κ1) is 23.1. The summed E-state index contributed by atoms with van der Waals surface area (Å²) in [4.78, 5) is 28.4. The fourth-order valence-corrected chi connectivity index (χ4v) is 4.80. The molecule has 0 radical (unpaired) electrons. The van der Waals surface area contributed by atoms with Crippen LogP contribution < -0.4 is 5.32 Å². The number of likely N-dealkylation sites (tertiary alicyclic amines) is 1. The molecule has 0 unspecified atom stereocenters. The summed E-state index contributed by atoms with van der Waals surface area (Å²) in [6.45, 7) is 1.31. The van der Waals surface area contributed by atoms with Crippen molar-refractivity contribution in [2.75, 3.05) is 26.7 Å². The van der Waals surface area contributed by atoms with Crippen molar-refractivity contribution in [3.8, 4) is 0 Å². The van der Waals surface area contributed by atoms with Gasteiger partial charge in [-0.3, -0.25) is 9.48 Å². The van der Waals surface area contributed by atoms with Gasteiger partial charge >= 0.3 is 12.2 Å². The number of hydrogen-bond acceptors (Lipinski definition) is 3. The summed E-state index contributed by atoms with van der Waals surface area (Å²) in [6, 6.07) is 3.23. The molecule has 3 amide bonds. The first-order valence-electron chi connectivity index (χ1n) is 10.8. The molecule has 0 aliphatic carbocycles. The van der Waals surface area contributed by atoms with E-state index in [4.69, 9.17) is 0 Å². The molecule has 0 atom stereocenters. The van der Waals surface area contributed by atoms with Gasteiger partial charge in [0.05, 0.1) is 17.8 Å². The molecule has 0 bridgehead atoms. The highest BCUT2D eigenvalue weighted by Crippen LogP contribution is 2.40. The number of nitrogens with one attached hydrogen (secondary N) is 1. The van der Waals surface area contributed by atoms with Gasteiger partial charge in [-0.2, -0.15) is 18.3 Å². The van der Waals surface area contributed by atoms with Crippen molar-refractivity contribution in [3.05, 3.63) is 52.1 Å². The molecule has 0 spiro atoms. The standard InChI is InChI=1S/C22H25F4N5O2/c1-27-21(33)31-11-8-15-17(12-31)29(2)28-19(15)20(32)30-9-6-13(7-10-30)14-4-3-5-16(23)18(14)22(24,25)26/h3-5,13H,6-12H2,1-2H3,(H,27,33). The first-order chi connectivity index (χ1) is 15.6. The molecule has 1 aromatic carbocycles. The smallest absolute Gasteiger partial charge is 0.341 e. The Bertz CT molecular complexity index is 1070. The van der Waals surface area contributed by atoms with Gasteiger partial charge in [-0.15, -0.1) is 0 Å². The van der Waals surface area contributed by atoms with Crippen LogP contribution in [-0.4, -0.2) is 58.2 Å². The molecule has 0 saturated carbocycles. The number of halogens is 4. The fourth-order valence-electron chi connectivity index (χ4n) is 4.80. The second-order valence-electron chi connectivity index (χ2n) is 8.39. The average molecular weight is 467 g/mol. The van der Waals surface area contributed by atoms with Crippen LogP contribution in [0, 0.1) is 5.82 Å². The van der Waals surface area contributed by atoms with Crippen LogP contribution in [-0.2, 0) is 26.2 Å². The molecule has 2 aliphatic heterocycles. The Labute approximate surface area is 188 Å². The summed E-state index contributed by atoms with van der Waals surface area (Å²) in [5, 5.41) is 6.98. The third kappa shape index (κ3) is 4.28. The van der Waals surface area contributed by atoms with Crippen LogP contribution in [0.3, 0.4) is 0 Å². The number of rotatable bonds is 2. The predicted molar refractivity (Wildman–Crippen MR) is 111 cm³/mol. The van der Waals surface area contributed by atoms with Gasteiger partial charge in [-0.1, -0.05) is 12.1 Å². The highest BCUT2D eigenvalue weighted by molar-refractivity contribution is 5.94. The molecule has 11 heteroatoms. The van der Waals surface area contributed by atoms with Crippen LogP contribution in [0.15, 0.2) is 18.2 Å². The van der Waals surface area contributed by atoms with Crippen molar-refractivity contribution in [2.45, 2.75) is 37.9 Å². The zero-order valence-corrected chi connectivity index (χ0v) is 18.4. The maximum atomic E-state index is 14.0. The SMILES string of the molecule is CNC(=O)N1CCc2c(C(=O)N3CCC(c4cccc(F)c4C(F)(F)F)CC3)nn(C)c2C1. The van der Waals surface area contributed by atoms with Gasteiger partial charge in [0.15, 0.2) is 5.69 Å². The van der Waals surface area contributed by atoms with Crippen LogP contribution in [0.1, 0.15) is 51.6 Å². The molecule has 2 aliphatic rings. The van der Waals surface area contributed by atoms with Gasteiger partial charge in [0, 0.05) is 39.3 Å². The summed E-state index contributed by atoms with van der Waals surface area (Å²) < 4.78 is 55.8. The number of alkyl halides is 3. The molecule has 2 aromatic rings. The Morgan fingerprint density at radius 2 is 1.82 bits per heavy atom. The van der Waals surface area contributed by atoms with Crippen LogP contribution in [0.25, 0.3) is 0 Å². The summed E-state index contributed by atoms with van der Waals surface area (Å²) in [5.41, 5.74) is 0.643. The van der Waals surface area contributed by atoms with E-state index >= 15 is 0 Å². The van der Waals surface area contributed by atoms with E-state index < -0.39 is 23.5 Å². The van der Waals surface area contributed by atoms with Crippen LogP contribution in [0.2, 0.25) is 0 Å². The second-order valence-corrected chi connectivity index (χ2v) is 8.39. The van der Waals surface area contributed by atoms with Crippen molar-refractivity contribution in [1.29, 1.82) is 0 Å². The normalized spacial score (nSPS) is 17.2. The third-order valence-corrected chi connectivity index (χ3v) is 6.50. The molecule has 7 nitrogen and oxygen atoms in total. The number of fused-ring (bicyclic) bond motifs is 1. The van der Waals surface area contributed by atoms with Crippen LogP contribution in [0.5, 0.6) is 0 Å². The number of aromatic nitrogens is 2. The van der Waals surface area contributed by atoms with Gasteiger partial charge in [-0.05, 0) is 36.8 Å². The van der Waals surface area contributed by atoms with E-state index in [9.17, 15) is 27.2 Å². The number of piperidine rings is 1. The first-order valence-corrected chi connectivity index (χ1v) is 10.8. The fraction of sp³-hybridized carbons (Fsp3) is 0.500. The van der Waals surface area contributed by atoms with Crippen molar-refractivity contribution in [2.24, 2.45) is 7.05 Å². The Balaban J connectivity index is 1.49. The third-order valence-electron chi connectivity index (χ3n) is 6.50. The maximum Gasteiger partial charge on any atom is 0.419 e. The molecular weight excluding hydrogens is 442 g/mol. The summed E-state index contributed by atoms with van der Waals surface area (Å²) in [6.07, 6.45) is -3.68. The van der Waals surface area contributed by atoms with E-state index in [-0.39, 0.29) is 30.6 Å². The summed E-state index contributed by atoms with van der Waals surface area (Å²) >= 11 is 0. The van der Waals surface area contributed by atoms with E-state index in [1.54, 1.807) is 28.6 Å². The topological polar surface area (TPSA) is 70.5 Å². The number of aryl methyl sites for hydroxylation is 1. The number of nitrogens with zero attached hydrogens (tertiary/aromatic N) is 4. The number of hydrogen-bond donors (Lipinski definition) is 1. The van der Waals surface area contributed by atoms with E-state index in [1.165, 1.54) is 12.1 Å². The molecule has 4 rings (SSSR count). The minimum Gasteiger partial charge on any atom is -0.341 e.